The molecule has 37 heavy (non-hydrogen) atoms. The summed E-state index contributed by atoms with van der Waals surface area (Å²) >= 11 is 0. The predicted octanol–water partition coefficient (Wildman–Crippen LogP) is 7.45. The molecule has 0 unspecified atom stereocenters. The largest absolute Gasteiger partial charge is 0.416 e. The number of alkyl halides is 6. The van der Waals surface area contributed by atoms with Crippen LogP contribution in [0.5, 0.6) is 0 Å². The lowest BCUT2D eigenvalue weighted by atomic mass is 10.0. The number of aromatic nitrogens is 1. The molecule has 0 spiro atoms. The molecule has 5 rings (SSSR count). The molecule has 1 radical (unpaired) electrons. The first-order chi connectivity index (χ1) is 17.4. The van der Waals surface area contributed by atoms with Crippen molar-refractivity contribution in [3.63, 3.8) is 0 Å². The summed E-state index contributed by atoms with van der Waals surface area (Å²) in [4.78, 5) is 12.2. The van der Waals surface area contributed by atoms with Gasteiger partial charge in [-0.25, -0.2) is 0 Å². The van der Waals surface area contributed by atoms with Crippen LogP contribution in [-0.2, 0) is 18.9 Å². The van der Waals surface area contributed by atoms with Crippen molar-refractivity contribution in [2.24, 2.45) is 5.73 Å². The third-order valence-corrected chi connectivity index (χ3v) is 6.24. The molecule has 9 heteroatoms. The van der Waals surface area contributed by atoms with Gasteiger partial charge in [-0.2, -0.15) is 26.3 Å². The second-order valence-corrected chi connectivity index (χ2v) is 8.53. The zero-order valence-corrected chi connectivity index (χ0v) is 18.9. The summed E-state index contributed by atoms with van der Waals surface area (Å²) in [6, 6.07) is 22.1. The molecule has 0 aliphatic carbocycles. The van der Waals surface area contributed by atoms with Crippen LogP contribution in [0.15, 0.2) is 78.9 Å². The summed E-state index contributed by atoms with van der Waals surface area (Å²) in [6.07, 6.45) is -9.95. The molecular formula is C28H17F6N2O. The van der Waals surface area contributed by atoms with Crippen LogP contribution in [0.1, 0.15) is 27.0 Å². The second kappa shape index (κ2) is 8.69. The van der Waals surface area contributed by atoms with Gasteiger partial charge in [-0.3, -0.25) is 4.79 Å². The number of hydrogen-bond acceptors (Lipinski definition) is 1. The maximum absolute atomic E-state index is 13.9. The number of nitrogens with two attached hydrogens (primary N) is 1. The Labute approximate surface area is 206 Å². The summed E-state index contributed by atoms with van der Waals surface area (Å²) < 4.78 is 82.8. The molecule has 1 amide bonds. The third-order valence-electron chi connectivity index (χ3n) is 6.24. The average Bonchev–Trinajstić information content (AvgIpc) is 3.16. The molecule has 0 aliphatic rings. The number of hydrogen-bond donors (Lipinski definition) is 1. The Kier molecular flexibility index (Phi) is 5.73. The summed E-state index contributed by atoms with van der Waals surface area (Å²) in [5, 5.41) is 0.870. The van der Waals surface area contributed by atoms with Gasteiger partial charge in [0.15, 0.2) is 0 Å². The van der Waals surface area contributed by atoms with Gasteiger partial charge in [-0.05, 0) is 59.2 Å². The van der Waals surface area contributed by atoms with Crippen LogP contribution < -0.4 is 5.73 Å². The maximum atomic E-state index is 13.9. The molecule has 0 fully saturated rings. The topological polar surface area (TPSA) is 48.0 Å². The summed E-state index contributed by atoms with van der Waals surface area (Å²) in [6.45, 7) is -0.402. The molecule has 2 N–H and O–H groups in total. The first-order valence-corrected chi connectivity index (χ1v) is 11.0. The summed E-state index contributed by atoms with van der Waals surface area (Å²) in [5.74, 6) is -0.726. The van der Waals surface area contributed by atoms with Crippen LogP contribution in [0.25, 0.3) is 32.9 Å². The second-order valence-electron chi connectivity index (χ2n) is 8.53. The third kappa shape index (κ3) is 4.41. The van der Waals surface area contributed by atoms with E-state index in [1.807, 2.05) is 30.3 Å². The van der Waals surface area contributed by atoms with Gasteiger partial charge in [0, 0.05) is 22.9 Å². The number of amides is 1. The van der Waals surface area contributed by atoms with E-state index in [-0.39, 0.29) is 17.2 Å². The molecule has 1 aromatic heterocycles. The lowest BCUT2D eigenvalue weighted by Gasteiger charge is -2.17. The van der Waals surface area contributed by atoms with Gasteiger partial charge in [0.2, 0.25) is 5.91 Å². The molecular weight excluding hydrogens is 494 g/mol. The SMILES string of the molecule is NC(=O)c1cccc2c1c1[c]cc(-c3ccccc3)cc1n2Cc1ccc(C(F)(F)F)cc1C(F)(F)F. The Balaban J connectivity index is 1.79. The fourth-order valence-corrected chi connectivity index (χ4v) is 4.55. The van der Waals surface area contributed by atoms with E-state index in [0.29, 0.717) is 27.9 Å². The number of nitrogens with zero attached hydrogens (tertiary/aromatic N) is 1. The average molecular weight is 511 g/mol. The normalized spacial score (nSPS) is 12.4. The molecule has 0 bridgehead atoms. The van der Waals surface area contributed by atoms with Gasteiger partial charge in [0.05, 0.1) is 22.2 Å². The highest BCUT2D eigenvalue weighted by Gasteiger charge is 2.38. The Morgan fingerprint density at radius 2 is 1.54 bits per heavy atom. The standard InChI is InChI=1S/C28H17F6N2O/c29-27(30,31)19-11-9-18(22(14-19)28(32,33)34)15-36-23-8-4-7-21(26(35)37)25(23)20-12-10-17(13-24(20)36)16-5-2-1-3-6-16/h1-11,13-14H,15H2,(H2,35,37). The van der Waals surface area contributed by atoms with Crippen LogP contribution in [0.2, 0.25) is 0 Å². The van der Waals surface area contributed by atoms with E-state index in [9.17, 15) is 31.1 Å². The van der Waals surface area contributed by atoms with Crippen LogP contribution in [-0.4, -0.2) is 10.5 Å². The van der Waals surface area contributed by atoms with Crippen LogP contribution in [0.3, 0.4) is 0 Å². The van der Waals surface area contributed by atoms with E-state index in [4.69, 9.17) is 5.73 Å². The quantitative estimate of drug-likeness (QED) is 0.251. The maximum Gasteiger partial charge on any atom is 0.416 e. The first kappa shape index (κ1) is 24.4. The van der Waals surface area contributed by atoms with Crippen LogP contribution in [0.4, 0.5) is 26.3 Å². The molecule has 0 atom stereocenters. The minimum atomic E-state index is -5.02. The van der Waals surface area contributed by atoms with Crippen molar-refractivity contribution < 1.29 is 31.1 Å². The summed E-state index contributed by atoms with van der Waals surface area (Å²) in [7, 11) is 0. The van der Waals surface area contributed by atoms with Crippen molar-refractivity contribution >= 4 is 27.7 Å². The number of carbonyl (C=O) groups excluding carboxylic acids is 1. The molecule has 187 valence electrons. The smallest absolute Gasteiger partial charge is 0.366 e. The Hall–Kier alpha value is -4.27. The minimum Gasteiger partial charge on any atom is -0.366 e. The Morgan fingerprint density at radius 1 is 0.811 bits per heavy atom. The molecule has 0 saturated heterocycles. The van der Waals surface area contributed by atoms with Crippen molar-refractivity contribution in [1.82, 2.24) is 4.57 Å². The highest BCUT2D eigenvalue weighted by Crippen LogP contribution is 2.39. The molecule has 5 aromatic rings. The number of carbonyl (C=O) groups is 1. The zero-order valence-electron chi connectivity index (χ0n) is 18.9. The van der Waals surface area contributed by atoms with Crippen molar-refractivity contribution in [2.75, 3.05) is 0 Å². The van der Waals surface area contributed by atoms with Gasteiger partial charge in [-0.1, -0.05) is 42.5 Å². The fraction of sp³-hybridized carbons (Fsp3) is 0.107. The van der Waals surface area contributed by atoms with Crippen molar-refractivity contribution in [2.45, 2.75) is 18.9 Å². The molecule has 4 aromatic carbocycles. The van der Waals surface area contributed by atoms with E-state index in [2.05, 4.69) is 6.07 Å². The van der Waals surface area contributed by atoms with Gasteiger partial charge in [0.1, 0.15) is 0 Å². The number of benzene rings is 4. The van der Waals surface area contributed by atoms with Gasteiger partial charge in [-0.15, -0.1) is 0 Å². The molecule has 1 heterocycles. The molecule has 0 saturated carbocycles. The van der Waals surface area contributed by atoms with Crippen LogP contribution in [0, 0.1) is 6.07 Å². The minimum absolute atomic E-state index is 0.125. The monoisotopic (exact) mass is 511 g/mol. The van der Waals surface area contributed by atoms with Crippen LogP contribution >= 0.6 is 0 Å². The Morgan fingerprint density at radius 3 is 2.19 bits per heavy atom. The van der Waals surface area contributed by atoms with Gasteiger partial charge < -0.3 is 10.3 Å². The summed E-state index contributed by atoms with van der Waals surface area (Å²) in [5.41, 5.74) is 5.03. The van der Waals surface area contributed by atoms with Crippen molar-refractivity contribution in [3.05, 3.63) is 107 Å². The van der Waals surface area contributed by atoms with Crippen molar-refractivity contribution in [1.29, 1.82) is 0 Å². The predicted molar refractivity (Wildman–Crippen MR) is 128 cm³/mol. The van der Waals surface area contributed by atoms with Gasteiger partial charge >= 0.3 is 12.4 Å². The van der Waals surface area contributed by atoms with E-state index in [1.165, 1.54) is 10.6 Å². The highest BCUT2D eigenvalue weighted by atomic mass is 19.4. The number of fused-ring (bicyclic) bond motifs is 3. The zero-order chi connectivity index (χ0) is 26.5. The van der Waals surface area contributed by atoms with Crippen molar-refractivity contribution in [3.8, 4) is 11.1 Å². The Bertz CT molecular complexity index is 1650. The lowest BCUT2D eigenvalue weighted by molar-refractivity contribution is -0.143. The van der Waals surface area contributed by atoms with E-state index >= 15 is 0 Å². The molecule has 3 nitrogen and oxygen atoms in total. The van der Waals surface area contributed by atoms with E-state index in [0.717, 1.165) is 17.2 Å². The highest BCUT2D eigenvalue weighted by molar-refractivity contribution is 6.18. The number of primary amides is 1. The van der Waals surface area contributed by atoms with Gasteiger partial charge in [0.25, 0.3) is 0 Å². The fourth-order valence-electron chi connectivity index (χ4n) is 4.55. The van der Waals surface area contributed by atoms with E-state index < -0.39 is 35.9 Å². The number of halogens is 6. The van der Waals surface area contributed by atoms with E-state index in [1.54, 1.807) is 24.3 Å². The molecule has 0 aliphatic heterocycles. The first-order valence-electron chi connectivity index (χ1n) is 11.0. The lowest BCUT2D eigenvalue weighted by Crippen LogP contribution is -2.15. The number of rotatable bonds is 4.